The van der Waals surface area contributed by atoms with Gasteiger partial charge in [0.25, 0.3) is 15.9 Å². The highest BCUT2D eigenvalue weighted by atomic mass is 32.2. The number of nitrogens with one attached hydrogen (secondary N) is 3. The van der Waals surface area contributed by atoms with Crippen molar-refractivity contribution in [1.29, 1.82) is 0 Å². The molecule has 0 fully saturated rings. The molecule has 0 saturated heterocycles. The number of rotatable bonds is 6. The Labute approximate surface area is 158 Å². The van der Waals surface area contributed by atoms with Crippen LogP contribution in [0.15, 0.2) is 52.2 Å². The number of thiophene rings is 1. The van der Waals surface area contributed by atoms with Gasteiger partial charge in [-0.15, -0.1) is 11.3 Å². The van der Waals surface area contributed by atoms with E-state index in [-0.39, 0.29) is 26.8 Å². The Hall–Kier alpha value is -3.18. The summed E-state index contributed by atoms with van der Waals surface area (Å²) in [5, 5.41) is 10.3. The number of nitrogens with zero attached hydrogens (tertiary/aromatic N) is 1. The highest BCUT2D eigenvalue weighted by molar-refractivity contribution is 7.94. The summed E-state index contributed by atoms with van der Waals surface area (Å²) < 4.78 is 31.8. The molecule has 0 spiro atoms. The number of anilines is 2. The molecule has 0 bridgehead atoms. The lowest BCUT2D eigenvalue weighted by Gasteiger charge is -2.09. The second-order valence-corrected chi connectivity index (χ2v) is 8.08. The molecule has 1 aromatic carbocycles. The molecule has 27 heavy (non-hydrogen) atoms. The van der Waals surface area contributed by atoms with E-state index in [4.69, 9.17) is 0 Å². The molecule has 3 N–H and O–H groups in total. The van der Waals surface area contributed by atoms with Gasteiger partial charge in [0.05, 0.1) is 19.0 Å². The number of aromatic nitrogens is 2. The molecule has 2 heterocycles. The van der Waals surface area contributed by atoms with E-state index in [1.54, 1.807) is 11.4 Å². The minimum absolute atomic E-state index is 0.000373. The molecule has 3 rings (SSSR count). The maximum absolute atomic E-state index is 12.4. The molecule has 11 heteroatoms. The molecule has 0 radical (unpaired) electrons. The maximum Gasteiger partial charge on any atom is 0.358 e. The summed E-state index contributed by atoms with van der Waals surface area (Å²) in [5.41, 5.74) is 0.576. The molecular formula is C16H14N4O5S2. The van der Waals surface area contributed by atoms with E-state index in [0.717, 1.165) is 11.3 Å². The zero-order chi connectivity index (χ0) is 19.4. The fraction of sp³-hybridized carbons (Fsp3) is 0.0625. The van der Waals surface area contributed by atoms with Gasteiger partial charge in [-0.3, -0.25) is 14.6 Å². The Morgan fingerprint density at radius 2 is 2.04 bits per heavy atom. The van der Waals surface area contributed by atoms with E-state index in [1.165, 1.54) is 43.6 Å². The van der Waals surface area contributed by atoms with Gasteiger partial charge in [0.2, 0.25) is 0 Å². The number of amides is 1. The van der Waals surface area contributed by atoms with Crippen LogP contribution in [0.25, 0.3) is 0 Å². The van der Waals surface area contributed by atoms with E-state index in [1.807, 2.05) is 0 Å². The first-order chi connectivity index (χ1) is 12.9. The number of benzene rings is 1. The number of ether oxygens (including phenoxy) is 1. The predicted molar refractivity (Wildman–Crippen MR) is 99.4 cm³/mol. The average molecular weight is 406 g/mol. The molecule has 3 aromatic rings. The maximum atomic E-state index is 12.4. The number of carbonyl (C=O) groups excluding carboxylic acids is 2. The number of hydrogen-bond acceptors (Lipinski definition) is 7. The molecule has 1 amide bonds. The average Bonchev–Trinajstić information content (AvgIpc) is 3.33. The summed E-state index contributed by atoms with van der Waals surface area (Å²) in [7, 11) is -2.52. The largest absolute Gasteiger partial charge is 0.464 e. The van der Waals surface area contributed by atoms with Gasteiger partial charge in [0.15, 0.2) is 5.69 Å². The fourth-order valence-corrected chi connectivity index (χ4v) is 4.22. The lowest BCUT2D eigenvalue weighted by Crippen LogP contribution is -2.16. The van der Waals surface area contributed by atoms with E-state index in [9.17, 15) is 18.0 Å². The first-order valence-corrected chi connectivity index (χ1v) is 9.86. The number of H-pyrrole nitrogens is 1. The van der Waals surface area contributed by atoms with Crippen LogP contribution in [0, 0.1) is 0 Å². The molecule has 2 aromatic heterocycles. The van der Waals surface area contributed by atoms with E-state index < -0.39 is 21.9 Å². The molecule has 0 aliphatic carbocycles. The van der Waals surface area contributed by atoms with Crippen LogP contribution in [0.5, 0.6) is 0 Å². The van der Waals surface area contributed by atoms with Crippen molar-refractivity contribution in [1.82, 2.24) is 10.2 Å². The third-order valence-corrected chi connectivity index (χ3v) is 6.19. The third kappa shape index (κ3) is 4.15. The van der Waals surface area contributed by atoms with Gasteiger partial charge in [0, 0.05) is 11.3 Å². The molecular weight excluding hydrogens is 392 g/mol. The molecule has 140 valence electrons. The van der Waals surface area contributed by atoms with Crippen molar-refractivity contribution in [2.24, 2.45) is 0 Å². The normalized spacial score (nSPS) is 11.0. The number of hydrogen-bond donors (Lipinski definition) is 3. The Bertz CT molecular complexity index is 1070. The molecule has 0 aliphatic rings. The van der Waals surface area contributed by atoms with Crippen molar-refractivity contribution in [3.8, 4) is 0 Å². The quantitative estimate of drug-likeness (QED) is 0.539. The second-order valence-electron chi connectivity index (χ2n) is 5.22. The van der Waals surface area contributed by atoms with Crippen molar-refractivity contribution in [2.45, 2.75) is 4.21 Å². The zero-order valence-electron chi connectivity index (χ0n) is 13.9. The SMILES string of the molecule is COC(=O)c1[nH]ncc1NC(=O)c1cccc(NS(=O)(=O)c2cccs2)c1. The van der Waals surface area contributed by atoms with Crippen molar-refractivity contribution in [2.75, 3.05) is 17.1 Å². The highest BCUT2D eigenvalue weighted by Crippen LogP contribution is 2.21. The van der Waals surface area contributed by atoms with Gasteiger partial charge in [-0.2, -0.15) is 5.10 Å². The first kappa shape index (κ1) is 18.6. The lowest BCUT2D eigenvalue weighted by atomic mass is 10.2. The molecule has 0 saturated carbocycles. The van der Waals surface area contributed by atoms with E-state index >= 15 is 0 Å². The van der Waals surface area contributed by atoms with Crippen molar-refractivity contribution >= 4 is 44.6 Å². The minimum atomic E-state index is -3.72. The third-order valence-electron chi connectivity index (χ3n) is 3.41. The zero-order valence-corrected chi connectivity index (χ0v) is 15.6. The van der Waals surface area contributed by atoms with Crippen LogP contribution in [0.4, 0.5) is 11.4 Å². The van der Waals surface area contributed by atoms with Gasteiger partial charge >= 0.3 is 5.97 Å². The van der Waals surface area contributed by atoms with Crippen LogP contribution in [0.3, 0.4) is 0 Å². The van der Waals surface area contributed by atoms with Crippen LogP contribution in [-0.4, -0.2) is 37.6 Å². The van der Waals surface area contributed by atoms with Gasteiger partial charge in [-0.25, -0.2) is 13.2 Å². The van der Waals surface area contributed by atoms with E-state index in [2.05, 4.69) is 25.0 Å². The Kier molecular flexibility index (Phi) is 5.23. The number of sulfonamides is 1. The van der Waals surface area contributed by atoms with Crippen LogP contribution in [-0.2, 0) is 14.8 Å². The standard InChI is InChI=1S/C16H14N4O5S2/c1-25-16(22)14-12(9-17-19-14)18-15(21)10-4-2-5-11(8-10)20-27(23,24)13-6-3-7-26-13/h2-9,20H,1H3,(H,17,19)(H,18,21). The topological polar surface area (TPSA) is 130 Å². The summed E-state index contributed by atoms with van der Waals surface area (Å²) in [4.78, 5) is 24.1. The number of esters is 1. The number of aromatic amines is 1. The summed E-state index contributed by atoms with van der Waals surface area (Å²) >= 11 is 1.08. The Morgan fingerprint density at radius 1 is 1.22 bits per heavy atom. The van der Waals surface area contributed by atoms with Crippen molar-refractivity contribution in [3.05, 3.63) is 59.2 Å². The molecule has 0 atom stereocenters. The predicted octanol–water partition coefficient (Wildman–Crippen LogP) is 2.31. The Balaban J connectivity index is 1.79. The van der Waals surface area contributed by atoms with Gasteiger partial charge in [-0.1, -0.05) is 12.1 Å². The summed E-state index contributed by atoms with van der Waals surface area (Å²) in [6, 6.07) is 9.08. The molecule has 9 nitrogen and oxygen atoms in total. The highest BCUT2D eigenvalue weighted by Gasteiger charge is 2.18. The minimum Gasteiger partial charge on any atom is -0.464 e. The van der Waals surface area contributed by atoms with Crippen LogP contribution in [0.2, 0.25) is 0 Å². The van der Waals surface area contributed by atoms with Crippen LogP contribution < -0.4 is 10.0 Å². The van der Waals surface area contributed by atoms with Gasteiger partial charge < -0.3 is 10.1 Å². The smallest absolute Gasteiger partial charge is 0.358 e. The van der Waals surface area contributed by atoms with Gasteiger partial charge in [-0.05, 0) is 29.6 Å². The molecule has 0 aliphatic heterocycles. The fourth-order valence-electron chi connectivity index (χ4n) is 2.18. The lowest BCUT2D eigenvalue weighted by molar-refractivity contribution is 0.0595. The second kappa shape index (κ2) is 7.60. The summed E-state index contributed by atoms with van der Waals surface area (Å²) in [5.74, 6) is -1.22. The summed E-state index contributed by atoms with van der Waals surface area (Å²) in [6.07, 6.45) is 1.27. The van der Waals surface area contributed by atoms with Crippen molar-refractivity contribution in [3.63, 3.8) is 0 Å². The van der Waals surface area contributed by atoms with Crippen LogP contribution in [0.1, 0.15) is 20.8 Å². The number of methoxy groups -OCH3 is 1. The molecule has 0 unspecified atom stereocenters. The van der Waals surface area contributed by atoms with Crippen molar-refractivity contribution < 1.29 is 22.7 Å². The first-order valence-electron chi connectivity index (χ1n) is 7.50. The summed E-state index contributed by atoms with van der Waals surface area (Å²) in [6.45, 7) is 0. The van der Waals surface area contributed by atoms with Crippen LogP contribution >= 0.6 is 11.3 Å². The Morgan fingerprint density at radius 3 is 2.74 bits per heavy atom. The number of carbonyl (C=O) groups is 2. The monoisotopic (exact) mass is 406 g/mol. The van der Waals surface area contributed by atoms with Gasteiger partial charge in [0.1, 0.15) is 4.21 Å². The van der Waals surface area contributed by atoms with E-state index in [0.29, 0.717) is 0 Å².